The maximum atomic E-state index is 13.4. The van der Waals surface area contributed by atoms with Crippen LogP contribution in [0.4, 0.5) is 4.39 Å². The van der Waals surface area contributed by atoms with Gasteiger partial charge < -0.3 is 15.0 Å². The minimum Gasteiger partial charge on any atom is -0.487 e. The standard InChI is InChI=1S/C15H21FN2O/c1-17-13-10-15(5-7-18(2)8-6-15)19-14-9-11(16)3-4-12(13)14/h3-4,9,13,17H,5-8,10H2,1-2H3. The third-order valence-corrected chi connectivity index (χ3v) is 4.50. The molecule has 2 aliphatic heterocycles. The Balaban J connectivity index is 1.92. The first kappa shape index (κ1) is 12.9. The molecule has 0 amide bonds. The molecule has 0 aliphatic carbocycles. The molecule has 0 radical (unpaired) electrons. The maximum absolute atomic E-state index is 13.4. The van der Waals surface area contributed by atoms with Crippen molar-refractivity contribution in [3.8, 4) is 5.75 Å². The molecule has 3 nitrogen and oxygen atoms in total. The Kier molecular flexibility index (Phi) is 3.23. The minimum absolute atomic E-state index is 0.124. The molecule has 0 saturated carbocycles. The molecule has 0 bridgehead atoms. The van der Waals surface area contributed by atoms with E-state index in [-0.39, 0.29) is 17.5 Å². The van der Waals surface area contributed by atoms with Crippen molar-refractivity contribution in [2.45, 2.75) is 30.9 Å². The second-order valence-corrected chi connectivity index (χ2v) is 5.82. The number of rotatable bonds is 1. The van der Waals surface area contributed by atoms with Gasteiger partial charge in [-0.3, -0.25) is 0 Å². The van der Waals surface area contributed by atoms with Crippen LogP contribution in [-0.4, -0.2) is 37.7 Å². The SMILES string of the molecule is CNC1CC2(CCN(C)CC2)Oc2cc(F)ccc21. The van der Waals surface area contributed by atoms with E-state index in [4.69, 9.17) is 4.74 Å². The molecule has 4 heteroatoms. The van der Waals surface area contributed by atoms with Crippen LogP contribution < -0.4 is 10.1 Å². The van der Waals surface area contributed by atoms with Gasteiger partial charge in [-0.15, -0.1) is 0 Å². The van der Waals surface area contributed by atoms with E-state index in [9.17, 15) is 4.39 Å². The molecule has 2 heterocycles. The van der Waals surface area contributed by atoms with Gasteiger partial charge in [0, 0.05) is 37.2 Å². The summed E-state index contributed by atoms with van der Waals surface area (Å²) < 4.78 is 19.6. The van der Waals surface area contributed by atoms with Crippen LogP contribution in [0.15, 0.2) is 18.2 Å². The molecule has 0 aromatic heterocycles. The molecule has 1 unspecified atom stereocenters. The van der Waals surface area contributed by atoms with Crippen LogP contribution >= 0.6 is 0 Å². The smallest absolute Gasteiger partial charge is 0.127 e. The van der Waals surface area contributed by atoms with Gasteiger partial charge in [0.2, 0.25) is 0 Å². The lowest BCUT2D eigenvalue weighted by atomic mass is 9.80. The highest BCUT2D eigenvalue weighted by molar-refractivity contribution is 5.39. The lowest BCUT2D eigenvalue weighted by molar-refractivity contribution is -0.0197. The second-order valence-electron chi connectivity index (χ2n) is 5.82. The first-order chi connectivity index (χ1) is 9.12. The number of halogens is 1. The molecule has 104 valence electrons. The molecule has 1 atom stereocenters. The lowest BCUT2D eigenvalue weighted by Crippen LogP contribution is -2.50. The van der Waals surface area contributed by atoms with Crippen LogP contribution in [0, 0.1) is 5.82 Å². The first-order valence-electron chi connectivity index (χ1n) is 6.96. The van der Waals surface area contributed by atoms with Crippen LogP contribution in [0.2, 0.25) is 0 Å². The number of benzene rings is 1. The summed E-state index contributed by atoms with van der Waals surface area (Å²) in [6.45, 7) is 2.09. The molecule has 1 aromatic carbocycles. The molecule has 3 rings (SSSR count). The van der Waals surface area contributed by atoms with Crippen molar-refractivity contribution in [2.24, 2.45) is 0 Å². The summed E-state index contributed by atoms with van der Waals surface area (Å²) in [6, 6.07) is 5.14. The highest BCUT2D eigenvalue weighted by atomic mass is 19.1. The van der Waals surface area contributed by atoms with E-state index < -0.39 is 0 Å². The Hall–Kier alpha value is -1.13. The number of fused-ring (bicyclic) bond motifs is 1. The quantitative estimate of drug-likeness (QED) is 0.842. The van der Waals surface area contributed by atoms with E-state index >= 15 is 0 Å². The summed E-state index contributed by atoms with van der Waals surface area (Å²) >= 11 is 0. The maximum Gasteiger partial charge on any atom is 0.127 e. The van der Waals surface area contributed by atoms with Crippen molar-refractivity contribution >= 4 is 0 Å². The number of hydrogen-bond donors (Lipinski definition) is 1. The first-order valence-corrected chi connectivity index (χ1v) is 6.96. The number of piperidine rings is 1. The Morgan fingerprint density at radius 3 is 2.79 bits per heavy atom. The molecule has 19 heavy (non-hydrogen) atoms. The molecular weight excluding hydrogens is 243 g/mol. The average molecular weight is 264 g/mol. The highest BCUT2D eigenvalue weighted by Gasteiger charge is 2.42. The van der Waals surface area contributed by atoms with Crippen LogP contribution in [0.25, 0.3) is 0 Å². The second kappa shape index (κ2) is 4.76. The molecular formula is C15H21FN2O. The van der Waals surface area contributed by atoms with E-state index in [2.05, 4.69) is 17.3 Å². The number of nitrogens with one attached hydrogen (secondary N) is 1. The van der Waals surface area contributed by atoms with Gasteiger partial charge in [-0.25, -0.2) is 4.39 Å². The Morgan fingerprint density at radius 2 is 2.11 bits per heavy atom. The monoisotopic (exact) mass is 264 g/mol. The number of hydrogen-bond acceptors (Lipinski definition) is 3. The summed E-state index contributed by atoms with van der Waals surface area (Å²) in [5, 5.41) is 3.35. The fourth-order valence-electron chi connectivity index (χ4n) is 3.23. The molecule has 1 N–H and O–H groups in total. The van der Waals surface area contributed by atoms with Gasteiger partial charge in [0.25, 0.3) is 0 Å². The van der Waals surface area contributed by atoms with E-state index in [1.807, 2.05) is 13.1 Å². The van der Waals surface area contributed by atoms with Crippen LogP contribution in [0.5, 0.6) is 5.75 Å². The third kappa shape index (κ3) is 2.35. The summed E-state index contributed by atoms with van der Waals surface area (Å²) in [4.78, 5) is 2.32. The van der Waals surface area contributed by atoms with Gasteiger partial charge >= 0.3 is 0 Å². The van der Waals surface area contributed by atoms with Crippen molar-refractivity contribution in [1.29, 1.82) is 0 Å². The van der Waals surface area contributed by atoms with Gasteiger partial charge in [0.05, 0.1) is 0 Å². The van der Waals surface area contributed by atoms with E-state index in [1.165, 1.54) is 12.1 Å². The fraction of sp³-hybridized carbons (Fsp3) is 0.600. The Morgan fingerprint density at radius 1 is 1.37 bits per heavy atom. The van der Waals surface area contributed by atoms with Gasteiger partial charge in [-0.05, 0) is 33.0 Å². The van der Waals surface area contributed by atoms with Crippen molar-refractivity contribution in [3.63, 3.8) is 0 Å². The predicted octanol–water partition coefficient (Wildman–Crippen LogP) is 2.33. The normalized spacial score (nSPS) is 25.9. The van der Waals surface area contributed by atoms with Gasteiger partial charge in [-0.1, -0.05) is 6.07 Å². The topological polar surface area (TPSA) is 24.5 Å². The van der Waals surface area contributed by atoms with E-state index in [0.717, 1.165) is 43.7 Å². The van der Waals surface area contributed by atoms with Crippen LogP contribution in [0.3, 0.4) is 0 Å². The zero-order chi connectivity index (χ0) is 13.5. The number of likely N-dealkylation sites (tertiary alicyclic amines) is 1. The van der Waals surface area contributed by atoms with Crippen molar-refractivity contribution < 1.29 is 9.13 Å². The average Bonchev–Trinajstić information content (AvgIpc) is 2.41. The molecule has 2 aliphatic rings. The summed E-state index contributed by atoms with van der Waals surface area (Å²) in [6.07, 6.45) is 2.99. The molecule has 1 spiro atoms. The summed E-state index contributed by atoms with van der Waals surface area (Å²) in [7, 11) is 4.10. The van der Waals surface area contributed by atoms with Gasteiger partial charge in [0.15, 0.2) is 0 Å². The molecule has 1 saturated heterocycles. The highest BCUT2D eigenvalue weighted by Crippen LogP contribution is 2.44. The number of nitrogens with zero attached hydrogens (tertiary/aromatic N) is 1. The molecule has 1 aromatic rings. The number of ether oxygens (including phenoxy) is 1. The summed E-state index contributed by atoms with van der Waals surface area (Å²) in [5.74, 6) is 0.494. The minimum atomic E-state index is -0.224. The fourth-order valence-corrected chi connectivity index (χ4v) is 3.23. The van der Waals surface area contributed by atoms with E-state index in [1.54, 1.807) is 0 Å². The Bertz CT molecular complexity index is 469. The predicted molar refractivity (Wildman–Crippen MR) is 72.9 cm³/mol. The zero-order valence-electron chi connectivity index (χ0n) is 11.6. The van der Waals surface area contributed by atoms with Gasteiger partial charge in [-0.2, -0.15) is 0 Å². The van der Waals surface area contributed by atoms with Crippen molar-refractivity contribution in [3.05, 3.63) is 29.6 Å². The van der Waals surface area contributed by atoms with Crippen LogP contribution in [-0.2, 0) is 0 Å². The Labute approximate surface area is 113 Å². The van der Waals surface area contributed by atoms with Gasteiger partial charge in [0.1, 0.15) is 17.2 Å². The van der Waals surface area contributed by atoms with Crippen LogP contribution in [0.1, 0.15) is 30.9 Å². The molecule has 1 fully saturated rings. The largest absolute Gasteiger partial charge is 0.487 e. The third-order valence-electron chi connectivity index (χ3n) is 4.50. The van der Waals surface area contributed by atoms with Crippen molar-refractivity contribution in [2.75, 3.05) is 27.2 Å². The summed E-state index contributed by atoms with van der Waals surface area (Å²) in [5.41, 5.74) is 0.953. The van der Waals surface area contributed by atoms with E-state index in [0.29, 0.717) is 0 Å². The lowest BCUT2D eigenvalue weighted by Gasteiger charge is -2.46. The zero-order valence-corrected chi connectivity index (χ0v) is 11.6. The van der Waals surface area contributed by atoms with Crippen molar-refractivity contribution in [1.82, 2.24) is 10.2 Å².